The average Bonchev–Trinajstić information content (AvgIpc) is 2.41. The Morgan fingerprint density at radius 1 is 1.29 bits per heavy atom. The second-order valence-corrected chi connectivity index (χ2v) is 7.88. The van der Waals surface area contributed by atoms with Crippen LogP contribution < -0.4 is 0 Å². The number of halogens is 2. The van der Waals surface area contributed by atoms with Crippen molar-refractivity contribution in [1.29, 1.82) is 0 Å². The summed E-state index contributed by atoms with van der Waals surface area (Å²) >= 11 is 10.2. The number of thioether (sulfide) groups is 1. The molecule has 0 fully saturated rings. The predicted molar refractivity (Wildman–Crippen MR) is 99.0 cm³/mol. The molecule has 112 valence electrons. The fourth-order valence-corrected chi connectivity index (χ4v) is 3.49. The van der Waals surface area contributed by atoms with Gasteiger partial charge in [0.05, 0.1) is 15.0 Å². The fourth-order valence-electron chi connectivity index (χ4n) is 1.95. The molecule has 0 atom stereocenters. The number of nitrogens with zero attached hydrogens (tertiary/aromatic N) is 2. The van der Waals surface area contributed by atoms with Crippen molar-refractivity contribution in [3.8, 4) is 0 Å². The van der Waals surface area contributed by atoms with E-state index in [1.165, 1.54) is 10.5 Å². The predicted octanol–water partition coefficient (Wildman–Crippen LogP) is 5.53. The summed E-state index contributed by atoms with van der Waals surface area (Å²) in [7, 11) is 0. The van der Waals surface area contributed by atoms with Crippen LogP contribution in [-0.4, -0.2) is 9.97 Å². The van der Waals surface area contributed by atoms with Gasteiger partial charge in [0.15, 0.2) is 0 Å². The molecule has 0 radical (unpaired) electrons. The molecule has 1 heterocycles. The average molecular weight is 433 g/mol. The van der Waals surface area contributed by atoms with E-state index in [0.717, 1.165) is 27.3 Å². The first kappa shape index (κ1) is 17.0. The largest absolute Gasteiger partial charge is 0.236 e. The molecular weight excluding hydrogens is 415 g/mol. The molecule has 0 N–H and O–H groups in total. The third-order valence-corrected chi connectivity index (χ3v) is 5.60. The quantitative estimate of drug-likeness (QED) is 0.353. The zero-order valence-corrected chi connectivity index (χ0v) is 16.1. The Balaban J connectivity index is 2.14. The first-order valence-electron chi connectivity index (χ1n) is 6.86. The third kappa shape index (κ3) is 5.11. The summed E-state index contributed by atoms with van der Waals surface area (Å²) in [5, 5.41) is 0.570. The second-order valence-electron chi connectivity index (χ2n) is 5.39. The Morgan fingerprint density at radius 2 is 2.05 bits per heavy atom. The van der Waals surface area contributed by atoms with Gasteiger partial charge in [-0.05, 0) is 54.0 Å². The van der Waals surface area contributed by atoms with Crippen LogP contribution in [0.15, 0.2) is 29.2 Å². The molecule has 0 saturated carbocycles. The van der Waals surface area contributed by atoms with Crippen LogP contribution in [0.25, 0.3) is 0 Å². The molecular formula is C16H18ClIN2S. The highest BCUT2D eigenvalue weighted by molar-refractivity contribution is 14.1. The first-order chi connectivity index (χ1) is 9.95. The van der Waals surface area contributed by atoms with Crippen molar-refractivity contribution in [2.45, 2.75) is 37.8 Å². The molecule has 2 nitrogen and oxygen atoms in total. The summed E-state index contributed by atoms with van der Waals surface area (Å²) in [6, 6.07) is 8.46. The summed E-state index contributed by atoms with van der Waals surface area (Å²) in [4.78, 5) is 10.3. The van der Waals surface area contributed by atoms with E-state index < -0.39 is 0 Å². The van der Waals surface area contributed by atoms with E-state index in [2.05, 4.69) is 77.6 Å². The molecule has 2 rings (SSSR count). The fraction of sp³-hybridized carbons (Fsp3) is 0.375. The van der Waals surface area contributed by atoms with Crippen LogP contribution in [0.5, 0.6) is 0 Å². The third-order valence-electron chi connectivity index (χ3n) is 2.88. The molecule has 0 aliphatic heterocycles. The Bertz CT molecular complexity index is 632. The standard InChI is InChI=1S/C16H18ClIN2S/c1-10(2)7-13-15(18)16(17)20-14(19-13)9-21-12-6-4-5-11(3)8-12/h4-6,8,10H,7,9H2,1-3H3. The smallest absolute Gasteiger partial charge is 0.146 e. The zero-order chi connectivity index (χ0) is 15.4. The van der Waals surface area contributed by atoms with Gasteiger partial charge < -0.3 is 0 Å². The van der Waals surface area contributed by atoms with Crippen LogP contribution in [0.3, 0.4) is 0 Å². The van der Waals surface area contributed by atoms with Gasteiger partial charge in [0.1, 0.15) is 11.0 Å². The Hall–Kier alpha value is -0.330. The summed E-state index contributed by atoms with van der Waals surface area (Å²) in [6.45, 7) is 6.48. The maximum Gasteiger partial charge on any atom is 0.146 e. The zero-order valence-electron chi connectivity index (χ0n) is 12.4. The lowest BCUT2D eigenvalue weighted by atomic mass is 10.1. The lowest BCUT2D eigenvalue weighted by Gasteiger charge is -2.10. The van der Waals surface area contributed by atoms with Crippen molar-refractivity contribution >= 4 is 46.0 Å². The normalized spacial score (nSPS) is 11.1. The van der Waals surface area contributed by atoms with Crippen LogP contribution >= 0.6 is 46.0 Å². The van der Waals surface area contributed by atoms with Gasteiger partial charge in [-0.2, -0.15) is 0 Å². The van der Waals surface area contributed by atoms with Gasteiger partial charge in [-0.1, -0.05) is 43.1 Å². The minimum Gasteiger partial charge on any atom is -0.236 e. The van der Waals surface area contributed by atoms with Crippen LogP contribution in [0.2, 0.25) is 5.15 Å². The van der Waals surface area contributed by atoms with Crippen molar-refractivity contribution in [1.82, 2.24) is 9.97 Å². The SMILES string of the molecule is Cc1cccc(SCc2nc(Cl)c(I)c(CC(C)C)n2)c1. The summed E-state index contributed by atoms with van der Waals surface area (Å²) < 4.78 is 0.979. The molecule has 0 spiro atoms. The molecule has 0 aliphatic carbocycles. The molecule has 0 amide bonds. The molecule has 2 aromatic rings. The number of aromatic nitrogens is 2. The van der Waals surface area contributed by atoms with Crippen molar-refractivity contribution in [2.75, 3.05) is 0 Å². The van der Waals surface area contributed by atoms with Crippen LogP contribution in [-0.2, 0) is 12.2 Å². The van der Waals surface area contributed by atoms with Crippen molar-refractivity contribution in [3.63, 3.8) is 0 Å². The van der Waals surface area contributed by atoms with Gasteiger partial charge in [0, 0.05) is 4.90 Å². The maximum absolute atomic E-state index is 6.24. The highest BCUT2D eigenvalue weighted by atomic mass is 127. The van der Waals surface area contributed by atoms with Gasteiger partial charge in [0.2, 0.25) is 0 Å². The van der Waals surface area contributed by atoms with Crippen LogP contribution in [0.1, 0.15) is 30.9 Å². The minimum absolute atomic E-state index is 0.557. The summed E-state index contributed by atoms with van der Waals surface area (Å²) in [6.07, 6.45) is 0.933. The van der Waals surface area contributed by atoms with Crippen molar-refractivity contribution < 1.29 is 0 Å². The van der Waals surface area contributed by atoms with E-state index >= 15 is 0 Å². The van der Waals surface area contributed by atoms with Crippen LogP contribution in [0, 0.1) is 16.4 Å². The Labute approximate surface area is 149 Å². The Kier molecular flexibility index (Phi) is 6.32. The molecule has 21 heavy (non-hydrogen) atoms. The molecule has 1 aromatic heterocycles. The van der Waals surface area contributed by atoms with Gasteiger partial charge >= 0.3 is 0 Å². The van der Waals surface area contributed by atoms with E-state index in [-0.39, 0.29) is 0 Å². The highest BCUT2D eigenvalue weighted by Crippen LogP contribution is 2.26. The molecule has 0 bridgehead atoms. The topological polar surface area (TPSA) is 25.8 Å². The van der Waals surface area contributed by atoms with Gasteiger partial charge in [-0.25, -0.2) is 9.97 Å². The van der Waals surface area contributed by atoms with E-state index in [9.17, 15) is 0 Å². The van der Waals surface area contributed by atoms with E-state index in [4.69, 9.17) is 11.6 Å². The molecule has 5 heteroatoms. The van der Waals surface area contributed by atoms with E-state index in [1.54, 1.807) is 11.8 Å². The monoisotopic (exact) mass is 432 g/mol. The van der Waals surface area contributed by atoms with E-state index in [1.807, 2.05) is 0 Å². The van der Waals surface area contributed by atoms with Crippen LogP contribution in [0.4, 0.5) is 0 Å². The van der Waals surface area contributed by atoms with Gasteiger partial charge in [0.25, 0.3) is 0 Å². The number of hydrogen-bond donors (Lipinski definition) is 0. The molecule has 0 unspecified atom stereocenters. The maximum atomic E-state index is 6.24. The summed E-state index contributed by atoms with van der Waals surface area (Å²) in [5.74, 6) is 2.11. The molecule has 0 saturated heterocycles. The summed E-state index contributed by atoms with van der Waals surface area (Å²) in [5.41, 5.74) is 2.33. The highest BCUT2D eigenvalue weighted by Gasteiger charge is 2.12. The number of rotatable bonds is 5. The number of hydrogen-bond acceptors (Lipinski definition) is 3. The first-order valence-corrected chi connectivity index (χ1v) is 9.30. The molecule has 1 aromatic carbocycles. The lowest BCUT2D eigenvalue weighted by molar-refractivity contribution is 0.629. The van der Waals surface area contributed by atoms with E-state index in [0.29, 0.717) is 11.1 Å². The second kappa shape index (κ2) is 7.79. The number of benzene rings is 1. The van der Waals surface area contributed by atoms with Gasteiger partial charge in [-0.3, -0.25) is 0 Å². The minimum atomic E-state index is 0.557. The van der Waals surface area contributed by atoms with Crippen molar-refractivity contribution in [3.05, 3.63) is 50.1 Å². The lowest BCUT2D eigenvalue weighted by Crippen LogP contribution is -2.06. The Morgan fingerprint density at radius 3 is 2.71 bits per heavy atom. The number of aryl methyl sites for hydroxylation is 1. The molecule has 0 aliphatic rings. The van der Waals surface area contributed by atoms with Crippen molar-refractivity contribution in [2.24, 2.45) is 5.92 Å². The van der Waals surface area contributed by atoms with Gasteiger partial charge in [-0.15, -0.1) is 11.8 Å².